The predicted octanol–water partition coefficient (Wildman–Crippen LogP) is 4.40. The Hall–Kier alpha value is -3.94. The zero-order valence-electron chi connectivity index (χ0n) is 14.7. The van der Waals surface area contributed by atoms with E-state index >= 15 is 0 Å². The number of carbonyl (C=O) groups is 1. The number of anilines is 1. The van der Waals surface area contributed by atoms with Crippen molar-refractivity contribution < 1.29 is 22.8 Å². The highest BCUT2D eigenvalue weighted by Gasteiger charge is 2.17. The van der Waals surface area contributed by atoms with E-state index in [4.69, 9.17) is 13.6 Å². The molecule has 7 nitrogen and oxygen atoms in total. The summed E-state index contributed by atoms with van der Waals surface area (Å²) in [6.45, 7) is 0. The van der Waals surface area contributed by atoms with E-state index in [9.17, 15) is 9.18 Å². The Morgan fingerprint density at radius 3 is 2.68 bits per heavy atom. The van der Waals surface area contributed by atoms with Crippen LogP contribution in [0.25, 0.3) is 23.1 Å². The lowest BCUT2D eigenvalue weighted by Gasteiger charge is -2.10. The van der Waals surface area contributed by atoms with Crippen LogP contribution in [0.4, 0.5) is 10.1 Å². The molecule has 0 aliphatic heterocycles. The molecule has 28 heavy (non-hydrogen) atoms. The molecule has 2 aromatic carbocycles. The van der Waals surface area contributed by atoms with E-state index in [2.05, 4.69) is 15.5 Å². The first-order valence-corrected chi connectivity index (χ1v) is 8.27. The lowest BCUT2D eigenvalue weighted by molar-refractivity contribution is 0.102. The summed E-state index contributed by atoms with van der Waals surface area (Å²) in [5.74, 6) is 0.0679. The fourth-order valence-electron chi connectivity index (χ4n) is 2.62. The number of hydrogen-bond donors (Lipinski definition) is 1. The lowest BCUT2D eigenvalue weighted by atomic mass is 10.1. The minimum atomic E-state index is -0.599. The normalized spacial score (nSPS) is 10.6. The smallest absolute Gasteiger partial charge is 0.283 e. The summed E-state index contributed by atoms with van der Waals surface area (Å²) < 4.78 is 30.2. The number of amides is 1. The topological polar surface area (TPSA) is 90.4 Å². The van der Waals surface area contributed by atoms with Gasteiger partial charge in [0, 0.05) is 5.56 Å². The highest BCUT2D eigenvalue weighted by Crippen LogP contribution is 2.28. The molecule has 1 N–H and O–H groups in total. The number of halogens is 1. The van der Waals surface area contributed by atoms with Gasteiger partial charge in [0.2, 0.25) is 5.89 Å². The van der Waals surface area contributed by atoms with Gasteiger partial charge < -0.3 is 18.9 Å². The molecule has 0 saturated heterocycles. The Labute approximate surface area is 158 Å². The second kappa shape index (κ2) is 7.36. The molecule has 0 atom stereocenters. The number of nitrogens with one attached hydrogen (secondary N) is 1. The van der Waals surface area contributed by atoms with Gasteiger partial charge in [-0.25, -0.2) is 4.39 Å². The van der Waals surface area contributed by atoms with Gasteiger partial charge in [-0.1, -0.05) is 12.1 Å². The van der Waals surface area contributed by atoms with Crippen LogP contribution in [-0.2, 0) is 0 Å². The molecular formula is C20H14FN3O4. The molecule has 140 valence electrons. The van der Waals surface area contributed by atoms with E-state index in [1.54, 1.807) is 36.4 Å². The first-order chi connectivity index (χ1) is 13.7. The maximum absolute atomic E-state index is 14.2. The van der Waals surface area contributed by atoms with Crippen LogP contribution < -0.4 is 10.1 Å². The number of furan rings is 1. The van der Waals surface area contributed by atoms with Crippen molar-refractivity contribution in [2.75, 3.05) is 12.4 Å². The number of aromatic nitrogens is 2. The summed E-state index contributed by atoms with van der Waals surface area (Å²) >= 11 is 0. The SMILES string of the molecule is COc1ccccc1C(=O)Nc1cc(-c2nnc(-c3ccco3)o2)ccc1F. The van der Waals surface area contributed by atoms with Crippen molar-refractivity contribution in [3.63, 3.8) is 0 Å². The zero-order chi connectivity index (χ0) is 19.5. The quantitative estimate of drug-likeness (QED) is 0.553. The molecule has 1 amide bonds. The van der Waals surface area contributed by atoms with Crippen LogP contribution in [0, 0.1) is 5.82 Å². The van der Waals surface area contributed by atoms with Gasteiger partial charge in [0.25, 0.3) is 11.8 Å². The van der Waals surface area contributed by atoms with Crippen LogP contribution in [0.3, 0.4) is 0 Å². The number of nitrogens with zero attached hydrogens (tertiary/aromatic N) is 2. The highest BCUT2D eigenvalue weighted by molar-refractivity contribution is 6.06. The molecule has 0 saturated carbocycles. The molecule has 4 aromatic rings. The van der Waals surface area contributed by atoms with Crippen LogP contribution >= 0.6 is 0 Å². The summed E-state index contributed by atoms with van der Waals surface area (Å²) in [6.07, 6.45) is 1.49. The minimum Gasteiger partial charge on any atom is -0.496 e. The van der Waals surface area contributed by atoms with Crippen molar-refractivity contribution in [2.24, 2.45) is 0 Å². The fraction of sp³-hybridized carbons (Fsp3) is 0.0500. The van der Waals surface area contributed by atoms with Gasteiger partial charge in [0.05, 0.1) is 24.6 Å². The van der Waals surface area contributed by atoms with E-state index in [0.717, 1.165) is 0 Å². The Balaban J connectivity index is 1.62. The zero-order valence-corrected chi connectivity index (χ0v) is 14.7. The van der Waals surface area contributed by atoms with E-state index in [-0.39, 0.29) is 23.0 Å². The van der Waals surface area contributed by atoms with Gasteiger partial charge in [-0.15, -0.1) is 10.2 Å². The third kappa shape index (κ3) is 3.35. The molecule has 2 aromatic heterocycles. The fourth-order valence-corrected chi connectivity index (χ4v) is 2.62. The van der Waals surface area contributed by atoms with E-state index in [1.165, 1.54) is 31.6 Å². The van der Waals surface area contributed by atoms with Crippen molar-refractivity contribution in [3.05, 3.63) is 72.2 Å². The minimum absolute atomic E-state index is 0.0221. The Bertz CT molecular complexity index is 1120. The van der Waals surface area contributed by atoms with E-state index < -0.39 is 11.7 Å². The molecule has 2 heterocycles. The maximum atomic E-state index is 14.2. The van der Waals surface area contributed by atoms with Crippen LogP contribution in [0.1, 0.15) is 10.4 Å². The molecule has 8 heteroatoms. The first kappa shape index (κ1) is 17.5. The summed E-state index contributed by atoms with van der Waals surface area (Å²) in [6, 6.07) is 14.2. The first-order valence-electron chi connectivity index (χ1n) is 8.27. The van der Waals surface area contributed by atoms with Crippen molar-refractivity contribution in [1.29, 1.82) is 0 Å². The third-order valence-corrected chi connectivity index (χ3v) is 3.97. The second-order valence-electron chi connectivity index (χ2n) is 5.74. The van der Waals surface area contributed by atoms with Gasteiger partial charge in [0.1, 0.15) is 11.6 Å². The Morgan fingerprint density at radius 1 is 1.07 bits per heavy atom. The predicted molar refractivity (Wildman–Crippen MR) is 98.3 cm³/mol. The molecule has 0 aliphatic carbocycles. The van der Waals surface area contributed by atoms with Crippen molar-refractivity contribution in [1.82, 2.24) is 10.2 Å². The summed E-state index contributed by atoms with van der Waals surface area (Å²) in [4.78, 5) is 12.5. The lowest BCUT2D eigenvalue weighted by Crippen LogP contribution is -2.14. The molecule has 0 unspecified atom stereocenters. The maximum Gasteiger partial charge on any atom is 0.283 e. The van der Waals surface area contributed by atoms with Gasteiger partial charge >= 0.3 is 0 Å². The monoisotopic (exact) mass is 379 g/mol. The van der Waals surface area contributed by atoms with Gasteiger partial charge in [-0.2, -0.15) is 0 Å². The number of rotatable bonds is 5. The van der Waals surface area contributed by atoms with Gasteiger partial charge in [-0.05, 0) is 42.5 Å². The molecule has 4 rings (SSSR count). The Kier molecular flexibility index (Phi) is 4.59. The van der Waals surface area contributed by atoms with Crippen molar-refractivity contribution in [2.45, 2.75) is 0 Å². The number of benzene rings is 2. The van der Waals surface area contributed by atoms with Crippen molar-refractivity contribution in [3.8, 4) is 28.9 Å². The third-order valence-electron chi connectivity index (χ3n) is 3.97. The van der Waals surface area contributed by atoms with E-state index in [1.807, 2.05) is 0 Å². The average molecular weight is 379 g/mol. The van der Waals surface area contributed by atoms with Gasteiger partial charge in [0.15, 0.2) is 5.76 Å². The molecule has 0 fully saturated rings. The highest BCUT2D eigenvalue weighted by atomic mass is 19.1. The van der Waals surface area contributed by atoms with Gasteiger partial charge in [-0.3, -0.25) is 4.79 Å². The van der Waals surface area contributed by atoms with Crippen LogP contribution in [0.15, 0.2) is 69.7 Å². The molecular weight excluding hydrogens is 365 g/mol. The molecule has 0 bridgehead atoms. The van der Waals surface area contributed by atoms with Crippen LogP contribution in [0.5, 0.6) is 5.75 Å². The number of carbonyl (C=O) groups excluding carboxylic acids is 1. The van der Waals surface area contributed by atoms with Crippen molar-refractivity contribution >= 4 is 11.6 Å². The standard InChI is InChI=1S/C20H14FN3O4/c1-26-16-6-3-2-5-13(16)18(25)22-15-11-12(8-9-14(15)21)19-23-24-20(28-19)17-7-4-10-27-17/h2-11H,1H3,(H,22,25). The van der Waals surface area contributed by atoms with Crippen LogP contribution in [0.2, 0.25) is 0 Å². The number of methoxy groups -OCH3 is 1. The van der Waals surface area contributed by atoms with Crippen LogP contribution in [-0.4, -0.2) is 23.2 Å². The number of ether oxygens (including phenoxy) is 1. The summed E-state index contributed by atoms with van der Waals surface area (Å²) in [5.41, 5.74) is 0.709. The molecule has 0 spiro atoms. The van der Waals surface area contributed by atoms with E-state index in [0.29, 0.717) is 17.1 Å². The molecule has 0 aliphatic rings. The second-order valence-corrected chi connectivity index (χ2v) is 5.74. The Morgan fingerprint density at radius 2 is 1.89 bits per heavy atom. The number of hydrogen-bond acceptors (Lipinski definition) is 6. The largest absolute Gasteiger partial charge is 0.496 e. The summed E-state index contributed by atoms with van der Waals surface area (Å²) in [7, 11) is 1.46. The average Bonchev–Trinajstić information content (AvgIpc) is 3.41. The molecule has 0 radical (unpaired) electrons. The summed E-state index contributed by atoms with van der Waals surface area (Å²) in [5, 5.41) is 10.4. The number of para-hydroxylation sites is 1.